The first-order valence-corrected chi connectivity index (χ1v) is 6.48. The summed E-state index contributed by atoms with van der Waals surface area (Å²) < 4.78 is 24.4. The molecule has 2 aromatic rings. The molecule has 6 heteroatoms. The molecule has 0 aliphatic rings. The summed E-state index contributed by atoms with van der Waals surface area (Å²) in [5.41, 5.74) is 1.06. The van der Waals surface area contributed by atoms with Gasteiger partial charge in [0.15, 0.2) is 0 Å². The van der Waals surface area contributed by atoms with Crippen LogP contribution in [0.2, 0.25) is 0 Å². The van der Waals surface area contributed by atoms with Gasteiger partial charge in [-0.25, -0.2) is 4.39 Å². The van der Waals surface area contributed by atoms with E-state index in [0.29, 0.717) is 11.1 Å². The fourth-order valence-electron chi connectivity index (χ4n) is 0.744. The highest BCUT2D eigenvalue weighted by Crippen LogP contribution is 1.97. The number of nitrogens with zero attached hydrogens (tertiary/aromatic N) is 4. The van der Waals surface area contributed by atoms with E-state index in [1.807, 2.05) is 27.7 Å². The Morgan fingerprint density at radius 3 is 1.65 bits per heavy atom. The first kappa shape index (κ1) is 20.3. The highest BCUT2D eigenvalue weighted by molar-refractivity contribution is 5.04. The van der Waals surface area contributed by atoms with Crippen molar-refractivity contribution in [2.75, 3.05) is 0 Å². The number of rotatable bonds is 0. The van der Waals surface area contributed by atoms with Crippen molar-refractivity contribution in [2.45, 2.75) is 41.5 Å². The van der Waals surface area contributed by atoms with Gasteiger partial charge in [0.05, 0.1) is 18.6 Å². The van der Waals surface area contributed by atoms with Gasteiger partial charge in [0.25, 0.3) is 0 Å². The molecule has 0 unspecified atom stereocenters. The lowest BCUT2D eigenvalue weighted by Crippen LogP contribution is -1.88. The summed E-state index contributed by atoms with van der Waals surface area (Å²) in [6.07, 6.45) is 3.93. The van der Waals surface area contributed by atoms with Crippen molar-refractivity contribution >= 4 is 0 Å². The molecule has 2 rings (SSSR count). The van der Waals surface area contributed by atoms with Crippen LogP contribution >= 0.6 is 0 Å². The fourth-order valence-corrected chi connectivity index (χ4v) is 0.744. The molecule has 112 valence electrons. The Hall–Kier alpha value is -1.98. The van der Waals surface area contributed by atoms with Gasteiger partial charge in [-0.15, -0.1) is 5.10 Å². The molecule has 0 bridgehead atoms. The van der Waals surface area contributed by atoms with Crippen molar-refractivity contribution in [3.8, 4) is 0 Å². The third-order valence-corrected chi connectivity index (χ3v) is 1.73. The summed E-state index contributed by atoms with van der Waals surface area (Å²) in [5, 5.41) is 13.3. The van der Waals surface area contributed by atoms with Crippen molar-refractivity contribution in [1.82, 2.24) is 20.4 Å². The van der Waals surface area contributed by atoms with Crippen molar-refractivity contribution in [1.29, 1.82) is 0 Å². The monoisotopic (exact) mass is 284 g/mol. The average Bonchev–Trinajstić information content (AvgIpc) is 2.50. The van der Waals surface area contributed by atoms with E-state index in [-0.39, 0.29) is 5.82 Å². The van der Waals surface area contributed by atoms with Gasteiger partial charge < -0.3 is 0 Å². The van der Waals surface area contributed by atoms with Gasteiger partial charge in [-0.3, -0.25) is 0 Å². The minimum atomic E-state index is -0.493. The average molecular weight is 284 g/mol. The molecule has 0 fully saturated rings. The van der Waals surface area contributed by atoms with Gasteiger partial charge in [0, 0.05) is 11.1 Å². The van der Waals surface area contributed by atoms with E-state index >= 15 is 0 Å². The second-order valence-corrected chi connectivity index (χ2v) is 3.03. The van der Waals surface area contributed by atoms with Crippen LogP contribution in [0.25, 0.3) is 0 Å². The summed E-state index contributed by atoms with van der Waals surface area (Å²) in [6.45, 7) is 11.3. The van der Waals surface area contributed by atoms with Crippen molar-refractivity contribution in [2.24, 2.45) is 0 Å². The zero-order valence-corrected chi connectivity index (χ0v) is 12.9. The number of aromatic nitrogens is 4. The number of halogens is 2. The van der Waals surface area contributed by atoms with E-state index in [9.17, 15) is 8.78 Å². The predicted octanol–water partition coefficient (Wildman–Crippen LogP) is 3.90. The van der Waals surface area contributed by atoms with E-state index in [4.69, 9.17) is 0 Å². The normalized spacial score (nSPS) is 8.00. The zero-order chi connectivity index (χ0) is 16.0. The van der Waals surface area contributed by atoms with Gasteiger partial charge >= 0.3 is 0 Å². The lowest BCUT2D eigenvalue weighted by Gasteiger charge is -1.87. The molecule has 0 N–H and O–H groups in total. The van der Waals surface area contributed by atoms with Crippen LogP contribution in [0.4, 0.5) is 8.78 Å². The molecule has 2 aromatic heterocycles. The zero-order valence-electron chi connectivity index (χ0n) is 12.9. The Balaban J connectivity index is 0. The van der Waals surface area contributed by atoms with Gasteiger partial charge in [-0.05, 0) is 19.9 Å². The van der Waals surface area contributed by atoms with Crippen molar-refractivity contribution in [3.05, 3.63) is 47.5 Å². The Bertz CT molecular complexity index is 379. The molecule has 20 heavy (non-hydrogen) atoms. The highest BCUT2D eigenvalue weighted by atomic mass is 19.1. The molecular formula is C14H22F2N4. The number of hydrogen-bond acceptors (Lipinski definition) is 4. The molecular weight excluding hydrogens is 262 g/mol. The molecule has 0 saturated carbocycles. The van der Waals surface area contributed by atoms with E-state index in [0.717, 1.165) is 6.20 Å². The second-order valence-electron chi connectivity index (χ2n) is 3.03. The van der Waals surface area contributed by atoms with Crippen LogP contribution in [0.5, 0.6) is 0 Å². The van der Waals surface area contributed by atoms with Crippen LogP contribution < -0.4 is 0 Å². The molecule has 0 aliphatic heterocycles. The Labute approximate surface area is 119 Å². The molecule has 2 heterocycles. The Kier molecular flexibility index (Phi) is 13.7. The Morgan fingerprint density at radius 2 is 1.35 bits per heavy atom. The van der Waals surface area contributed by atoms with Crippen LogP contribution in [0.15, 0.2) is 24.7 Å². The maximum absolute atomic E-state index is 12.2. The van der Waals surface area contributed by atoms with Crippen molar-refractivity contribution < 1.29 is 8.78 Å². The minimum Gasteiger partial charge on any atom is -0.205 e. The molecule has 0 aliphatic carbocycles. The smallest absolute Gasteiger partial charge is 0.205 e. The quantitative estimate of drug-likeness (QED) is 0.736. The summed E-state index contributed by atoms with van der Waals surface area (Å²) in [4.78, 5) is 0. The van der Waals surface area contributed by atoms with E-state index < -0.39 is 5.95 Å². The van der Waals surface area contributed by atoms with E-state index in [1.54, 1.807) is 19.9 Å². The Morgan fingerprint density at radius 1 is 0.800 bits per heavy atom. The third-order valence-electron chi connectivity index (χ3n) is 1.73. The SMILES string of the molecule is CC.CC.Cc1ccnnc1F.Cc1cnncc1F. The molecule has 0 atom stereocenters. The van der Waals surface area contributed by atoms with Crippen LogP contribution in [-0.4, -0.2) is 20.4 Å². The lowest BCUT2D eigenvalue weighted by molar-refractivity contribution is 0.554. The molecule has 0 saturated heterocycles. The first-order valence-electron chi connectivity index (χ1n) is 6.48. The fraction of sp³-hybridized carbons (Fsp3) is 0.429. The molecule has 0 aromatic carbocycles. The summed E-state index contributed by atoms with van der Waals surface area (Å²) >= 11 is 0. The number of hydrogen-bond donors (Lipinski definition) is 0. The number of aryl methyl sites for hydroxylation is 2. The topological polar surface area (TPSA) is 51.6 Å². The van der Waals surface area contributed by atoms with E-state index in [1.165, 1.54) is 12.4 Å². The maximum atomic E-state index is 12.2. The molecule has 0 spiro atoms. The van der Waals surface area contributed by atoms with Crippen LogP contribution in [0.3, 0.4) is 0 Å². The largest absolute Gasteiger partial charge is 0.236 e. The lowest BCUT2D eigenvalue weighted by atomic mass is 10.3. The predicted molar refractivity (Wildman–Crippen MR) is 76.2 cm³/mol. The first-order chi connectivity index (χ1) is 9.61. The van der Waals surface area contributed by atoms with E-state index in [2.05, 4.69) is 20.4 Å². The standard InChI is InChI=1S/2C5H5FN2.2C2H6/c1-4-2-7-8-3-5(4)6;1-4-2-3-7-8-5(4)6;2*1-2/h2*2-3H,1H3;2*1-2H3. The van der Waals surface area contributed by atoms with Gasteiger partial charge in [-0.1, -0.05) is 27.7 Å². The summed E-state index contributed by atoms with van der Waals surface area (Å²) in [5.74, 6) is -0.799. The molecule has 0 amide bonds. The van der Waals surface area contributed by atoms with Crippen molar-refractivity contribution in [3.63, 3.8) is 0 Å². The van der Waals surface area contributed by atoms with Crippen LogP contribution in [0.1, 0.15) is 38.8 Å². The van der Waals surface area contributed by atoms with Crippen LogP contribution in [0, 0.1) is 25.6 Å². The van der Waals surface area contributed by atoms with Gasteiger partial charge in [0.2, 0.25) is 5.95 Å². The third kappa shape index (κ3) is 9.02. The van der Waals surface area contributed by atoms with Gasteiger partial charge in [-0.2, -0.15) is 19.7 Å². The second kappa shape index (κ2) is 13.5. The molecule has 0 radical (unpaired) electrons. The maximum Gasteiger partial charge on any atom is 0.236 e. The summed E-state index contributed by atoms with van der Waals surface area (Å²) in [6, 6.07) is 1.57. The van der Waals surface area contributed by atoms with Gasteiger partial charge in [0.1, 0.15) is 5.82 Å². The van der Waals surface area contributed by atoms with Crippen LogP contribution in [-0.2, 0) is 0 Å². The minimum absolute atomic E-state index is 0.306. The molecule has 4 nitrogen and oxygen atoms in total. The highest BCUT2D eigenvalue weighted by Gasteiger charge is 1.92. The summed E-state index contributed by atoms with van der Waals surface area (Å²) in [7, 11) is 0.